The molecule has 0 aliphatic rings. The van der Waals surface area contributed by atoms with Crippen molar-refractivity contribution in [3.63, 3.8) is 0 Å². The van der Waals surface area contributed by atoms with Crippen LogP contribution in [0.2, 0.25) is 0 Å². The molecule has 0 heterocycles. The summed E-state index contributed by atoms with van der Waals surface area (Å²) in [6.07, 6.45) is 0.241. The quantitative estimate of drug-likeness (QED) is 0.826. The number of ether oxygens (including phenoxy) is 1. The van der Waals surface area contributed by atoms with Crippen LogP contribution in [0, 0.1) is 5.82 Å². The summed E-state index contributed by atoms with van der Waals surface area (Å²) in [6, 6.07) is 8.70. The fraction of sp³-hybridized carbons (Fsp3) is 0.188. The van der Waals surface area contributed by atoms with E-state index in [0.29, 0.717) is 5.56 Å². The van der Waals surface area contributed by atoms with Gasteiger partial charge in [-0.2, -0.15) is 0 Å². The van der Waals surface area contributed by atoms with Gasteiger partial charge in [-0.25, -0.2) is 22.7 Å². The fourth-order valence-electron chi connectivity index (χ4n) is 2.22. The zero-order valence-corrected chi connectivity index (χ0v) is 13.6. The summed E-state index contributed by atoms with van der Waals surface area (Å²) in [5.41, 5.74) is 1.16. The molecule has 0 saturated carbocycles. The molecule has 6 nitrogen and oxygen atoms in total. The molecule has 0 aliphatic carbocycles. The Kier molecular flexibility index (Phi) is 5.20. The first-order valence-electron chi connectivity index (χ1n) is 6.92. The molecule has 3 N–H and O–H groups in total. The maximum atomic E-state index is 14.2. The smallest absolute Gasteiger partial charge is 0.339 e. The van der Waals surface area contributed by atoms with Crippen molar-refractivity contribution in [2.24, 2.45) is 5.14 Å². The van der Waals surface area contributed by atoms with E-state index in [-0.39, 0.29) is 29.1 Å². The van der Waals surface area contributed by atoms with Crippen LogP contribution in [0.25, 0.3) is 11.1 Å². The number of rotatable bonds is 6. The largest absolute Gasteiger partial charge is 0.496 e. The summed E-state index contributed by atoms with van der Waals surface area (Å²) in [5, 5.41) is 14.1. The Morgan fingerprint density at radius 2 is 1.88 bits per heavy atom. The average Bonchev–Trinajstić information content (AvgIpc) is 2.52. The van der Waals surface area contributed by atoms with Gasteiger partial charge in [0.1, 0.15) is 17.1 Å². The van der Waals surface area contributed by atoms with Crippen LogP contribution in [0.4, 0.5) is 4.39 Å². The Bertz CT molecular complexity index is 863. The first kappa shape index (κ1) is 17.9. The zero-order chi connectivity index (χ0) is 17.9. The van der Waals surface area contributed by atoms with Crippen molar-refractivity contribution in [3.05, 3.63) is 53.3 Å². The third-order valence-electron chi connectivity index (χ3n) is 3.46. The maximum Gasteiger partial charge on any atom is 0.339 e. The lowest BCUT2D eigenvalue weighted by molar-refractivity contribution is 0.0693. The van der Waals surface area contributed by atoms with Crippen LogP contribution in [0.3, 0.4) is 0 Å². The Labute approximate surface area is 138 Å². The highest BCUT2D eigenvalue weighted by atomic mass is 32.2. The molecule has 2 aromatic rings. The van der Waals surface area contributed by atoms with Crippen molar-refractivity contribution in [3.8, 4) is 16.9 Å². The monoisotopic (exact) mass is 353 g/mol. The molecule has 0 radical (unpaired) electrons. The van der Waals surface area contributed by atoms with Crippen molar-refractivity contribution >= 4 is 16.0 Å². The summed E-state index contributed by atoms with van der Waals surface area (Å²) >= 11 is 0. The number of primary sulfonamides is 1. The minimum absolute atomic E-state index is 0.0616. The normalized spacial score (nSPS) is 11.3. The molecule has 0 aromatic heterocycles. The summed E-state index contributed by atoms with van der Waals surface area (Å²) in [5.74, 6) is -2.09. The lowest BCUT2D eigenvalue weighted by Gasteiger charge is -2.10. The van der Waals surface area contributed by atoms with E-state index < -0.39 is 21.8 Å². The van der Waals surface area contributed by atoms with Crippen LogP contribution in [0.15, 0.2) is 36.4 Å². The molecule has 2 rings (SSSR count). The first-order chi connectivity index (χ1) is 11.2. The fourth-order valence-corrected chi connectivity index (χ4v) is 2.74. The second-order valence-electron chi connectivity index (χ2n) is 5.15. The summed E-state index contributed by atoms with van der Waals surface area (Å²) < 4.78 is 41.0. The van der Waals surface area contributed by atoms with Crippen molar-refractivity contribution < 1.29 is 27.4 Å². The molecule has 0 unspecified atom stereocenters. The average molecular weight is 353 g/mol. The van der Waals surface area contributed by atoms with Gasteiger partial charge in [-0.3, -0.25) is 0 Å². The van der Waals surface area contributed by atoms with Crippen LogP contribution < -0.4 is 9.88 Å². The molecule has 0 fully saturated rings. The molecule has 0 bridgehead atoms. The lowest BCUT2D eigenvalue weighted by Crippen LogP contribution is -2.17. The third-order valence-corrected chi connectivity index (χ3v) is 4.23. The first-order valence-corrected chi connectivity index (χ1v) is 8.63. The second-order valence-corrected chi connectivity index (χ2v) is 6.89. The van der Waals surface area contributed by atoms with Gasteiger partial charge >= 0.3 is 5.97 Å². The zero-order valence-electron chi connectivity index (χ0n) is 12.8. The standard InChI is InChI=1S/C16H16FNO5S/c1-23-15-9-14(17)12(8-13(15)16(19)20)11-4-2-10(3-5-11)6-7-24(18,21)22/h2-5,8-9H,6-7H2,1H3,(H,19,20)(H2,18,21,22). The van der Waals surface area contributed by atoms with Crippen molar-refractivity contribution in [2.45, 2.75) is 6.42 Å². The van der Waals surface area contributed by atoms with Gasteiger partial charge in [-0.05, 0) is 23.6 Å². The van der Waals surface area contributed by atoms with Gasteiger partial charge in [-0.1, -0.05) is 24.3 Å². The molecule has 2 aromatic carbocycles. The molecule has 8 heteroatoms. The van der Waals surface area contributed by atoms with Crippen LogP contribution in [-0.4, -0.2) is 32.4 Å². The van der Waals surface area contributed by atoms with Crippen LogP contribution in [0.5, 0.6) is 5.75 Å². The van der Waals surface area contributed by atoms with Gasteiger partial charge in [0, 0.05) is 11.6 Å². The maximum absolute atomic E-state index is 14.2. The Balaban J connectivity index is 2.35. The Hall–Kier alpha value is -2.45. The van der Waals surface area contributed by atoms with Crippen molar-refractivity contribution in [1.82, 2.24) is 0 Å². The number of sulfonamides is 1. The van der Waals surface area contributed by atoms with E-state index in [4.69, 9.17) is 9.88 Å². The molecule has 0 saturated heterocycles. The van der Waals surface area contributed by atoms with Gasteiger partial charge in [-0.15, -0.1) is 0 Å². The van der Waals surface area contributed by atoms with E-state index >= 15 is 0 Å². The van der Waals surface area contributed by atoms with Gasteiger partial charge in [0.2, 0.25) is 10.0 Å². The number of carboxylic acid groups (broad SMARTS) is 1. The number of methoxy groups -OCH3 is 1. The number of carboxylic acids is 1. The number of carbonyl (C=O) groups is 1. The summed E-state index contributed by atoms with van der Waals surface area (Å²) in [6.45, 7) is 0. The number of hydrogen-bond acceptors (Lipinski definition) is 4. The second kappa shape index (κ2) is 6.98. The van der Waals surface area contributed by atoms with E-state index in [1.807, 2.05) is 0 Å². The van der Waals surface area contributed by atoms with Gasteiger partial charge in [0.25, 0.3) is 0 Å². The number of halogens is 1. The van der Waals surface area contributed by atoms with Crippen LogP contribution >= 0.6 is 0 Å². The number of hydrogen-bond donors (Lipinski definition) is 2. The summed E-state index contributed by atoms with van der Waals surface area (Å²) in [4.78, 5) is 11.2. The highest BCUT2D eigenvalue weighted by molar-refractivity contribution is 7.89. The Morgan fingerprint density at radius 3 is 2.38 bits per heavy atom. The van der Waals surface area contributed by atoms with E-state index in [9.17, 15) is 22.7 Å². The topological polar surface area (TPSA) is 107 Å². The minimum atomic E-state index is -3.55. The van der Waals surface area contributed by atoms with Gasteiger partial charge in [0.15, 0.2) is 0 Å². The van der Waals surface area contributed by atoms with Crippen molar-refractivity contribution in [2.75, 3.05) is 12.9 Å². The lowest BCUT2D eigenvalue weighted by atomic mass is 10.00. The third kappa shape index (κ3) is 4.30. The van der Waals surface area contributed by atoms with E-state index in [1.165, 1.54) is 13.2 Å². The predicted octanol–water partition coefficient (Wildman–Crippen LogP) is 2.03. The van der Waals surface area contributed by atoms with E-state index in [0.717, 1.165) is 11.6 Å². The number of nitrogens with two attached hydrogens (primary N) is 1. The molecule has 0 amide bonds. The highest BCUT2D eigenvalue weighted by Crippen LogP contribution is 2.30. The molecule has 0 spiro atoms. The van der Waals surface area contributed by atoms with E-state index in [1.54, 1.807) is 24.3 Å². The molecular weight excluding hydrogens is 337 g/mol. The number of aromatic carboxylic acids is 1. The molecule has 128 valence electrons. The molecule has 24 heavy (non-hydrogen) atoms. The van der Waals surface area contributed by atoms with Gasteiger partial charge < -0.3 is 9.84 Å². The SMILES string of the molecule is COc1cc(F)c(-c2ccc(CCS(N)(=O)=O)cc2)cc1C(=O)O. The number of benzene rings is 2. The molecule has 0 atom stereocenters. The van der Waals surface area contributed by atoms with Crippen molar-refractivity contribution in [1.29, 1.82) is 0 Å². The molecule has 0 aliphatic heterocycles. The minimum Gasteiger partial charge on any atom is -0.496 e. The highest BCUT2D eigenvalue weighted by Gasteiger charge is 2.17. The van der Waals surface area contributed by atoms with E-state index in [2.05, 4.69) is 0 Å². The van der Waals surface area contributed by atoms with Crippen LogP contribution in [0.1, 0.15) is 15.9 Å². The van der Waals surface area contributed by atoms with Gasteiger partial charge in [0.05, 0.1) is 12.9 Å². The number of aryl methyl sites for hydroxylation is 1. The summed E-state index contributed by atoms with van der Waals surface area (Å²) in [7, 11) is -2.29. The Morgan fingerprint density at radius 1 is 1.25 bits per heavy atom. The molecular formula is C16H16FNO5S. The van der Waals surface area contributed by atoms with Crippen LogP contribution in [-0.2, 0) is 16.4 Å². The predicted molar refractivity (Wildman–Crippen MR) is 87.0 cm³/mol.